The molecule has 1 fully saturated rings. The summed E-state index contributed by atoms with van der Waals surface area (Å²) in [5, 5.41) is 3.45. The van der Waals surface area contributed by atoms with E-state index in [0.29, 0.717) is 28.8 Å². The maximum atomic E-state index is 13.1. The summed E-state index contributed by atoms with van der Waals surface area (Å²) in [4.78, 5) is 32.3. The molecule has 0 radical (unpaired) electrons. The fourth-order valence-corrected chi connectivity index (χ4v) is 4.57. The van der Waals surface area contributed by atoms with E-state index in [9.17, 15) is 9.59 Å². The minimum Gasteiger partial charge on any atom is -0.325 e. The van der Waals surface area contributed by atoms with Gasteiger partial charge in [-0.25, -0.2) is 4.99 Å². The van der Waals surface area contributed by atoms with Gasteiger partial charge >= 0.3 is 0 Å². The number of carbonyl (C=O) groups excluding carboxylic acids is 2. The molecule has 3 aromatic carbocycles. The molecule has 1 heterocycles. The van der Waals surface area contributed by atoms with Gasteiger partial charge in [0.25, 0.3) is 0 Å². The Morgan fingerprint density at radius 1 is 1.00 bits per heavy atom. The molecule has 1 saturated heterocycles. The first-order chi connectivity index (χ1) is 15.6. The molecule has 1 atom stereocenters. The van der Waals surface area contributed by atoms with Crippen LogP contribution in [-0.4, -0.2) is 33.7 Å². The number of para-hydroxylation sites is 1. The first-order valence-corrected chi connectivity index (χ1v) is 11.6. The summed E-state index contributed by atoms with van der Waals surface area (Å²) in [5.41, 5.74) is 2.53. The van der Waals surface area contributed by atoms with Crippen LogP contribution in [-0.2, 0) is 16.0 Å². The summed E-state index contributed by atoms with van der Waals surface area (Å²) < 4.78 is 0. The van der Waals surface area contributed by atoms with E-state index in [2.05, 4.69) is 5.32 Å². The molecule has 0 bridgehead atoms. The highest BCUT2D eigenvalue weighted by molar-refractivity contribution is 8.15. The van der Waals surface area contributed by atoms with E-state index >= 15 is 0 Å². The van der Waals surface area contributed by atoms with Crippen molar-refractivity contribution in [2.75, 3.05) is 11.9 Å². The highest BCUT2D eigenvalue weighted by Gasteiger charge is 2.35. The van der Waals surface area contributed by atoms with Crippen molar-refractivity contribution >= 4 is 51.7 Å². The van der Waals surface area contributed by atoms with Gasteiger partial charge in [-0.15, -0.1) is 0 Å². The molecule has 5 nitrogen and oxygen atoms in total. The molecule has 4 rings (SSSR count). The Balaban J connectivity index is 1.53. The lowest BCUT2D eigenvalue weighted by Crippen LogP contribution is -2.46. The highest BCUT2D eigenvalue weighted by atomic mass is 35.5. The molecule has 0 aromatic heterocycles. The van der Waals surface area contributed by atoms with Crippen LogP contribution in [0, 0.1) is 0 Å². The van der Waals surface area contributed by atoms with Crippen LogP contribution in [0.4, 0.5) is 11.4 Å². The molecule has 0 spiro atoms. The number of aliphatic imine (C=N–C) groups is 1. The number of amides is 2. The smallest absolute Gasteiger partial charge is 0.238 e. The van der Waals surface area contributed by atoms with Gasteiger partial charge in [0, 0.05) is 23.7 Å². The second-order valence-electron chi connectivity index (χ2n) is 7.32. The summed E-state index contributed by atoms with van der Waals surface area (Å²) in [7, 11) is 0. The molecule has 1 aliphatic rings. The molecule has 7 heteroatoms. The van der Waals surface area contributed by atoms with E-state index in [4.69, 9.17) is 16.6 Å². The number of rotatable bonds is 6. The van der Waals surface area contributed by atoms with E-state index in [0.717, 1.165) is 11.3 Å². The fourth-order valence-electron chi connectivity index (χ4n) is 3.32. The van der Waals surface area contributed by atoms with Crippen LogP contribution < -0.4 is 5.32 Å². The van der Waals surface area contributed by atoms with Gasteiger partial charge in [-0.05, 0) is 48.4 Å². The number of halogens is 1. The van der Waals surface area contributed by atoms with Gasteiger partial charge in [0.05, 0.1) is 5.69 Å². The van der Waals surface area contributed by atoms with Crippen molar-refractivity contribution in [3.05, 3.63) is 95.5 Å². The molecule has 32 heavy (non-hydrogen) atoms. The van der Waals surface area contributed by atoms with E-state index in [1.807, 2.05) is 60.7 Å². The summed E-state index contributed by atoms with van der Waals surface area (Å²) in [6.45, 7) is 0.507. The van der Waals surface area contributed by atoms with Crippen molar-refractivity contribution < 1.29 is 9.59 Å². The molecule has 0 aliphatic carbocycles. The van der Waals surface area contributed by atoms with Gasteiger partial charge in [-0.1, -0.05) is 71.9 Å². The first-order valence-electron chi connectivity index (χ1n) is 10.3. The Morgan fingerprint density at radius 2 is 1.66 bits per heavy atom. The lowest BCUT2D eigenvalue weighted by Gasteiger charge is -2.32. The van der Waals surface area contributed by atoms with Gasteiger partial charge in [0.15, 0.2) is 5.17 Å². The zero-order valence-corrected chi connectivity index (χ0v) is 18.9. The quantitative estimate of drug-likeness (QED) is 0.521. The van der Waals surface area contributed by atoms with Crippen LogP contribution in [0.5, 0.6) is 0 Å². The SMILES string of the molecule is O=C(Nc1ccc(Cl)cc1)[C@@H]1CC(=O)N(CCc2ccccc2)C(=Nc2ccccc2)S1. The number of nitrogens with zero attached hydrogens (tertiary/aromatic N) is 2. The van der Waals surface area contributed by atoms with Crippen LogP contribution in [0.2, 0.25) is 5.02 Å². The Morgan fingerprint density at radius 3 is 2.34 bits per heavy atom. The highest BCUT2D eigenvalue weighted by Crippen LogP contribution is 2.30. The lowest BCUT2D eigenvalue weighted by molar-refractivity contribution is -0.129. The predicted octanol–water partition coefficient (Wildman–Crippen LogP) is 5.54. The average molecular weight is 464 g/mol. The molecule has 162 valence electrons. The van der Waals surface area contributed by atoms with Crippen LogP contribution in [0.1, 0.15) is 12.0 Å². The number of hydrogen-bond donors (Lipinski definition) is 1. The first kappa shape index (κ1) is 22.1. The maximum absolute atomic E-state index is 13.1. The number of amidine groups is 1. The second kappa shape index (κ2) is 10.5. The number of benzene rings is 3. The summed E-state index contributed by atoms with van der Waals surface area (Å²) >= 11 is 7.24. The number of thioether (sulfide) groups is 1. The minimum atomic E-state index is -0.561. The normalized spacial score (nSPS) is 17.4. The van der Waals surface area contributed by atoms with Crippen molar-refractivity contribution in [2.45, 2.75) is 18.1 Å². The molecule has 0 unspecified atom stereocenters. The molecule has 3 aromatic rings. The van der Waals surface area contributed by atoms with Gasteiger partial charge in [-0.2, -0.15) is 0 Å². The van der Waals surface area contributed by atoms with Crippen LogP contribution >= 0.6 is 23.4 Å². The van der Waals surface area contributed by atoms with Crippen LogP contribution in [0.3, 0.4) is 0 Å². The summed E-state index contributed by atoms with van der Waals surface area (Å²) in [6.07, 6.45) is 0.829. The van der Waals surface area contributed by atoms with E-state index in [1.54, 1.807) is 29.2 Å². The van der Waals surface area contributed by atoms with Gasteiger partial charge < -0.3 is 5.32 Å². The summed E-state index contributed by atoms with van der Waals surface area (Å²) in [5.74, 6) is -0.334. The predicted molar refractivity (Wildman–Crippen MR) is 131 cm³/mol. The zero-order valence-electron chi connectivity index (χ0n) is 17.3. The van der Waals surface area contributed by atoms with Crippen molar-refractivity contribution in [3.63, 3.8) is 0 Å². The third-order valence-electron chi connectivity index (χ3n) is 4.99. The van der Waals surface area contributed by atoms with E-state index in [1.165, 1.54) is 11.8 Å². The Hall–Kier alpha value is -3.09. The lowest BCUT2D eigenvalue weighted by atomic mass is 10.1. The fraction of sp³-hybridized carbons (Fsp3) is 0.160. The van der Waals surface area contributed by atoms with Gasteiger partial charge in [0.2, 0.25) is 11.8 Å². The number of anilines is 1. The Kier molecular flexibility index (Phi) is 7.24. The molecular weight excluding hydrogens is 442 g/mol. The molecule has 2 amide bonds. The topological polar surface area (TPSA) is 61.8 Å². The molecule has 1 N–H and O–H groups in total. The van der Waals surface area contributed by atoms with Gasteiger partial charge in [0.1, 0.15) is 5.25 Å². The molecule has 1 aliphatic heterocycles. The number of nitrogens with one attached hydrogen (secondary N) is 1. The maximum Gasteiger partial charge on any atom is 0.238 e. The Labute approximate surface area is 196 Å². The molecular formula is C25H22ClN3O2S. The van der Waals surface area contributed by atoms with E-state index < -0.39 is 5.25 Å². The van der Waals surface area contributed by atoms with Crippen molar-refractivity contribution in [1.82, 2.24) is 4.90 Å². The van der Waals surface area contributed by atoms with Crippen LogP contribution in [0.15, 0.2) is 89.9 Å². The third-order valence-corrected chi connectivity index (χ3v) is 6.43. The number of carbonyl (C=O) groups is 2. The van der Waals surface area contributed by atoms with Crippen molar-refractivity contribution in [2.24, 2.45) is 4.99 Å². The largest absolute Gasteiger partial charge is 0.325 e. The zero-order chi connectivity index (χ0) is 22.3. The average Bonchev–Trinajstić information content (AvgIpc) is 2.81. The van der Waals surface area contributed by atoms with Crippen molar-refractivity contribution in [3.8, 4) is 0 Å². The third kappa shape index (κ3) is 5.78. The minimum absolute atomic E-state index is 0.106. The molecule has 0 saturated carbocycles. The number of hydrogen-bond acceptors (Lipinski definition) is 4. The Bertz CT molecular complexity index is 1110. The van der Waals surface area contributed by atoms with Crippen LogP contribution in [0.25, 0.3) is 0 Å². The standard InChI is InChI=1S/C25H22ClN3O2S/c26-19-11-13-21(14-12-19)27-24(31)22-17-23(30)29(16-15-18-7-3-1-4-8-18)25(32-22)28-20-9-5-2-6-10-20/h1-14,22H,15-17H2,(H,27,31)/t22-/m0/s1. The second-order valence-corrected chi connectivity index (χ2v) is 8.92. The van der Waals surface area contributed by atoms with Crippen molar-refractivity contribution in [1.29, 1.82) is 0 Å². The summed E-state index contributed by atoms with van der Waals surface area (Å²) in [6, 6.07) is 26.4. The van der Waals surface area contributed by atoms with Gasteiger partial charge in [-0.3, -0.25) is 14.5 Å². The monoisotopic (exact) mass is 463 g/mol. The van der Waals surface area contributed by atoms with E-state index in [-0.39, 0.29) is 18.2 Å².